The van der Waals surface area contributed by atoms with Crippen LogP contribution in [0, 0.1) is 5.92 Å². The third-order valence-corrected chi connectivity index (χ3v) is 3.07. The SMILES string of the molecule is CC12CC(CN1CCO)C2. The van der Waals surface area contributed by atoms with E-state index in [9.17, 15) is 0 Å². The Hall–Kier alpha value is -0.0800. The maximum absolute atomic E-state index is 8.74. The molecule has 0 atom stereocenters. The predicted molar refractivity (Wildman–Crippen MR) is 39.8 cm³/mol. The standard InChI is InChI=1S/C8H15NO/c1-8-4-7(5-8)6-9(8)2-3-10/h7,10H,2-6H2,1H3. The normalized spacial score (nSPS) is 45.6. The van der Waals surface area contributed by atoms with Crippen molar-refractivity contribution in [2.75, 3.05) is 19.7 Å². The minimum atomic E-state index is 0.322. The number of nitrogens with zero attached hydrogens (tertiary/aromatic N) is 1. The largest absolute Gasteiger partial charge is 0.395 e. The molecule has 0 aromatic rings. The highest BCUT2D eigenvalue weighted by Gasteiger charge is 2.51. The molecule has 2 aliphatic heterocycles. The predicted octanol–water partition coefficient (Wildman–Crippen LogP) is 0.463. The number of hydrogen-bond acceptors (Lipinski definition) is 2. The summed E-state index contributed by atoms with van der Waals surface area (Å²) in [6.45, 7) is 4.75. The summed E-state index contributed by atoms with van der Waals surface area (Å²) in [5.74, 6) is 0.955. The minimum Gasteiger partial charge on any atom is -0.395 e. The van der Waals surface area contributed by atoms with Crippen LogP contribution in [0.4, 0.5) is 0 Å². The summed E-state index contributed by atoms with van der Waals surface area (Å²) >= 11 is 0. The molecule has 10 heavy (non-hydrogen) atoms. The molecule has 0 spiro atoms. The van der Waals surface area contributed by atoms with Gasteiger partial charge in [-0.3, -0.25) is 4.90 Å². The van der Waals surface area contributed by atoms with Crippen LogP contribution in [0.3, 0.4) is 0 Å². The lowest BCUT2D eigenvalue weighted by molar-refractivity contribution is 0.107. The second-order valence-electron chi connectivity index (χ2n) is 3.94. The zero-order valence-corrected chi connectivity index (χ0v) is 6.51. The quantitative estimate of drug-likeness (QED) is 0.604. The van der Waals surface area contributed by atoms with Gasteiger partial charge in [-0.1, -0.05) is 0 Å². The number of hydrogen-bond donors (Lipinski definition) is 1. The zero-order valence-electron chi connectivity index (χ0n) is 6.51. The molecule has 2 heteroatoms. The fourth-order valence-electron chi connectivity index (χ4n) is 2.59. The van der Waals surface area contributed by atoms with Crippen LogP contribution in [0.1, 0.15) is 19.8 Å². The van der Waals surface area contributed by atoms with E-state index in [0.717, 1.165) is 12.5 Å². The molecule has 2 bridgehead atoms. The first-order chi connectivity index (χ1) is 4.74. The molecule has 2 nitrogen and oxygen atoms in total. The summed E-state index contributed by atoms with van der Waals surface area (Å²) in [7, 11) is 0. The molecule has 0 amide bonds. The molecule has 0 aromatic heterocycles. The van der Waals surface area contributed by atoms with Crippen molar-refractivity contribution in [2.45, 2.75) is 25.3 Å². The Labute approximate surface area is 61.8 Å². The van der Waals surface area contributed by atoms with Crippen molar-refractivity contribution < 1.29 is 5.11 Å². The minimum absolute atomic E-state index is 0.322. The van der Waals surface area contributed by atoms with Crippen LogP contribution in [0.15, 0.2) is 0 Å². The third-order valence-electron chi connectivity index (χ3n) is 3.07. The highest BCUT2D eigenvalue weighted by Crippen LogP contribution is 2.49. The Kier molecular flexibility index (Phi) is 1.29. The van der Waals surface area contributed by atoms with E-state index >= 15 is 0 Å². The molecule has 0 aromatic carbocycles. The summed E-state index contributed by atoms with van der Waals surface area (Å²) in [6.07, 6.45) is 2.74. The van der Waals surface area contributed by atoms with Crippen molar-refractivity contribution in [3.05, 3.63) is 0 Å². The van der Waals surface area contributed by atoms with Gasteiger partial charge in [-0.2, -0.15) is 0 Å². The Morgan fingerprint density at radius 2 is 2.30 bits per heavy atom. The third kappa shape index (κ3) is 0.722. The van der Waals surface area contributed by atoms with Crippen LogP contribution < -0.4 is 0 Å². The van der Waals surface area contributed by atoms with E-state index in [2.05, 4.69) is 11.8 Å². The molecule has 3 fully saturated rings. The molecular weight excluding hydrogens is 126 g/mol. The van der Waals surface area contributed by atoms with Crippen LogP contribution in [-0.2, 0) is 0 Å². The Morgan fingerprint density at radius 3 is 2.70 bits per heavy atom. The fraction of sp³-hybridized carbons (Fsp3) is 1.00. The molecule has 0 unspecified atom stereocenters. The van der Waals surface area contributed by atoms with E-state index in [1.54, 1.807) is 0 Å². The highest BCUT2D eigenvalue weighted by molar-refractivity contribution is 5.07. The van der Waals surface area contributed by atoms with Crippen LogP contribution in [0.25, 0.3) is 0 Å². The van der Waals surface area contributed by atoms with Crippen LogP contribution >= 0.6 is 0 Å². The second kappa shape index (κ2) is 1.95. The van der Waals surface area contributed by atoms with Crippen molar-refractivity contribution >= 4 is 0 Å². The summed E-state index contributed by atoms with van der Waals surface area (Å²) in [4.78, 5) is 2.43. The van der Waals surface area contributed by atoms with Gasteiger partial charge < -0.3 is 5.11 Å². The lowest BCUT2D eigenvalue weighted by Gasteiger charge is -2.38. The average Bonchev–Trinajstić information content (AvgIpc) is 2.21. The molecule has 1 N–H and O–H groups in total. The second-order valence-corrected chi connectivity index (χ2v) is 3.94. The van der Waals surface area contributed by atoms with Crippen molar-refractivity contribution in [1.82, 2.24) is 4.90 Å². The molecule has 1 aliphatic carbocycles. The molecule has 3 aliphatic rings. The summed E-state index contributed by atoms with van der Waals surface area (Å²) in [6, 6.07) is 0. The molecule has 0 radical (unpaired) electrons. The van der Waals surface area contributed by atoms with Gasteiger partial charge in [0.25, 0.3) is 0 Å². The van der Waals surface area contributed by atoms with Gasteiger partial charge >= 0.3 is 0 Å². The number of aliphatic hydroxyl groups is 1. The van der Waals surface area contributed by atoms with Crippen LogP contribution in [0.2, 0.25) is 0 Å². The van der Waals surface area contributed by atoms with Crippen LogP contribution in [0.5, 0.6) is 0 Å². The Morgan fingerprint density at radius 1 is 1.60 bits per heavy atom. The maximum atomic E-state index is 8.74. The smallest absolute Gasteiger partial charge is 0.0558 e. The zero-order chi connectivity index (χ0) is 7.19. The molecule has 58 valence electrons. The van der Waals surface area contributed by atoms with Gasteiger partial charge in [-0.15, -0.1) is 0 Å². The molecule has 2 saturated heterocycles. The lowest BCUT2D eigenvalue weighted by atomic mass is 9.75. The maximum Gasteiger partial charge on any atom is 0.0558 e. The van der Waals surface area contributed by atoms with Gasteiger partial charge in [-0.25, -0.2) is 0 Å². The number of β-amino-alcohol motifs (C(OH)–C–C–N with tert-alkyl or cyclic N) is 1. The van der Waals surface area contributed by atoms with E-state index in [1.807, 2.05) is 0 Å². The molecular formula is C8H15NO. The number of rotatable bonds is 2. The van der Waals surface area contributed by atoms with Crippen molar-refractivity contribution in [3.8, 4) is 0 Å². The van der Waals surface area contributed by atoms with E-state index in [1.165, 1.54) is 19.4 Å². The van der Waals surface area contributed by atoms with Gasteiger partial charge in [0.1, 0.15) is 0 Å². The first kappa shape index (κ1) is 6.62. The van der Waals surface area contributed by atoms with E-state index in [4.69, 9.17) is 5.11 Å². The lowest BCUT2D eigenvalue weighted by Crippen LogP contribution is -2.43. The number of fused-ring (bicyclic) bond motifs is 1. The number of aliphatic hydroxyl groups excluding tert-OH is 1. The van der Waals surface area contributed by atoms with Gasteiger partial charge in [0, 0.05) is 18.6 Å². The first-order valence-electron chi connectivity index (χ1n) is 4.10. The topological polar surface area (TPSA) is 23.5 Å². The summed E-state index contributed by atoms with van der Waals surface area (Å²) in [5, 5.41) is 8.74. The average molecular weight is 141 g/mol. The van der Waals surface area contributed by atoms with E-state index < -0.39 is 0 Å². The highest BCUT2D eigenvalue weighted by atomic mass is 16.3. The summed E-state index contributed by atoms with van der Waals surface area (Å²) in [5.41, 5.74) is 0.480. The van der Waals surface area contributed by atoms with Gasteiger partial charge in [-0.05, 0) is 25.7 Å². The van der Waals surface area contributed by atoms with Crippen molar-refractivity contribution in [2.24, 2.45) is 5.92 Å². The first-order valence-corrected chi connectivity index (χ1v) is 4.10. The van der Waals surface area contributed by atoms with Gasteiger partial charge in [0.05, 0.1) is 6.61 Å². The Bertz CT molecular complexity index is 140. The molecule has 1 saturated carbocycles. The van der Waals surface area contributed by atoms with E-state index in [0.29, 0.717) is 12.1 Å². The van der Waals surface area contributed by atoms with Crippen molar-refractivity contribution in [3.63, 3.8) is 0 Å². The molecule has 3 rings (SSSR count). The molecule has 2 heterocycles. The van der Waals surface area contributed by atoms with Crippen molar-refractivity contribution in [1.29, 1.82) is 0 Å². The van der Waals surface area contributed by atoms with Gasteiger partial charge in [0.15, 0.2) is 0 Å². The monoisotopic (exact) mass is 141 g/mol. The summed E-state index contributed by atoms with van der Waals surface area (Å²) < 4.78 is 0. The fourth-order valence-corrected chi connectivity index (χ4v) is 2.59. The van der Waals surface area contributed by atoms with Crippen LogP contribution in [-0.4, -0.2) is 35.2 Å². The Balaban J connectivity index is 1.98. The van der Waals surface area contributed by atoms with E-state index in [-0.39, 0.29) is 0 Å². The van der Waals surface area contributed by atoms with Gasteiger partial charge in [0.2, 0.25) is 0 Å².